The molecule has 0 aliphatic carbocycles. The van der Waals surface area contributed by atoms with E-state index in [2.05, 4.69) is 15.9 Å². The van der Waals surface area contributed by atoms with Gasteiger partial charge in [-0.3, -0.25) is 4.79 Å². The second-order valence-electron chi connectivity index (χ2n) is 4.42. The van der Waals surface area contributed by atoms with Crippen molar-refractivity contribution in [3.63, 3.8) is 0 Å². The number of hydrogen-bond acceptors (Lipinski definition) is 3. The number of benzene rings is 2. The number of nitrogens with zero attached hydrogens (tertiary/aromatic N) is 1. The lowest BCUT2D eigenvalue weighted by Gasteiger charge is -2.22. The maximum Gasteiger partial charge on any atom is 0.259 e. The smallest absolute Gasteiger partial charge is 0.259 e. The molecule has 0 unspecified atom stereocenters. The average molecular weight is 350 g/mol. The van der Waals surface area contributed by atoms with Crippen molar-refractivity contribution in [3.05, 3.63) is 52.5 Å². The second-order valence-corrected chi connectivity index (χ2v) is 5.27. The first-order valence-corrected chi connectivity index (χ1v) is 7.30. The normalized spacial score (nSPS) is 10.2. The number of anilines is 1. The Morgan fingerprint density at radius 1 is 1.29 bits per heavy atom. The minimum Gasteiger partial charge on any atom is -0.508 e. The summed E-state index contributed by atoms with van der Waals surface area (Å²) in [5.41, 5.74) is 1.16. The van der Waals surface area contributed by atoms with Gasteiger partial charge >= 0.3 is 0 Å². The fourth-order valence-electron chi connectivity index (χ4n) is 2.05. The van der Waals surface area contributed by atoms with Gasteiger partial charge in [0.2, 0.25) is 0 Å². The first-order valence-electron chi connectivity index (χ1n) is 6.51. The molecule has 0 spiro atoms. The van der Waals surface area contributed by atoms with Crippen molar-refractivity contribution in [2.45, 2.75) is 6.92 Å². The predicted molar refractivity (Wildman–Crippen MR) is 86.2 cm³/mol. The SMILES string of the molecule is CCN(C(=O)c1cc(OC)ccc1Br)c1cccc(O)c1. The van der Waals surface area contributed by atoms with Crippen LogP contribution in [0.2, 0.25) is 0 Å². The molecular weight excluding hydrogens is 334 g/mol. The lowest BCUT2D eigenvalue weighted by Crippen LogP contribution is -2.30. The Balaban J connectivity index is 2.41. The zero-order chi connectivity index (χ0) is 15.4. The molecule has 1 amide bonds. The van der Waals surface area contributed by atoms with Gasteiger partial charge in [0.1, 0.15) is 11.5 Å². The largest absolute Gasteiger partial charge is 0.508 e. The number of aromatic hydroxyl groups is 1. The standard InChI is InChI=1S/C16H16BrNO3/c1-3-18(11-5-4-6-12(19)9-11)16(20)14-10-13(21-2)7-8-15(14)17/h4-10,19H,3H2,1-2H3. The highest BCUT2D eigenvalue weighted by molar-refractivity contribution is 9.10. The van der Waals surface area contributed by atoms with Crippen LogP contribution in [0.15, 0.2) is 46.9 Å². The minimum atomic E-state index is -0.158. The van der Waals surface area contributed by atoms with Crippen LogP contribution < -0.4 is 9.64 Å². The van der Waals surface area contributed by atoms with E-state index in [9.17, 15) is 9.90 Å². The molecule has 0 saturated carbocycles. The molecule has 110 valence electrons. The number of ether oxygens (including phenoxy) is 1. The van der Waals surface area contributed by atoms with Crippen molar-refractivity contribution in [1.29, 1.82) is 0 Å². The van der Waals surface area contributed by atoms with Crippen LogP contribution in [0.25, 0.3) is 0 Å². The molecule has 0 atom stereocenters. The summed E-state index contributed by atoms with van der Waals surface area (Å²) in [6.07, 6.45) is 0. The van der Waals surface area contributed by atoms with E-state index < -0.39 is 0 Å². The third-order valence-electron chi connectivity index (χ3n) is 3.11. The molecule has 2 aromatic rings. The first-order chi connectivity index (χ1) is 10.1. The Labute approximate surface area is 132 Å². The van der Waals surface area contributed by atoms with Gasteiger partial charge in [0, 0.05) is 22.8 Å². The van der Waals surface area contributed by atoms with Gasteiger partial charge in [-0.25, -0.2) is 0 Å². The maximum atomic E-state index is 12.7. The quantitative estimate of drug-likeness (QED) is 0.912. The molecule has 0 aliphatic rings. The van der Waals surface area contributed by atoms with Gasteiger partial charge in [-0.2, -0.15) is 0 Å². The third-order valence-corrected chi connectivity index (χ3v) is 3.80. The average Bonchev–Trinajstić information content (AvgIpc) is 2.48. The highest BCUT2D eigenvalue weighted by atomic mass is 79.9. The van der Waals surface area contributed by atoms with E-state index in [-0.39, 0.29) is 11.7 Å². The second kappa shape index (κ2) is 6.63. The molecule has 0 bridgehead atoms. The van der Waals surface area contributed by atoms with Crippen LogP contribution in [0.3, 0.4) is 0 Å². The van der Waals surface area contributed by atoms with Gasteiger partial charge in [-0.15, -0.1) is 0 Å². The van der Waals surface area contributed by atoms with E-state index >= 15 is 0 Å². The van der Waals surface area contributed by atoms with Crippen molar-refractivity contribution >= 4 is 27.5 Å². The summed E-state index contributed by atoms with van der Waals surface area (Å²) in [6, 6.07) is 11.9. The Bertz CT molecular complexity index is 658. The number of carbonyl (C=O) groups is 1. The molecule has 0 radical (unpaired) electrons. The van der Waals surface area contributed by atoms with E-state index in [0.717, 1.165) is 0 Å². The highest BCUT2D eigenvalue weighted by Gasteiger charge is 2.19. The Morgan fingerprint density at radius 3 is 2.67 bits per heavy atom. The molecule has 0 fully saturated rings. The van der Waals surface area contributed by atoms with Gasteiger partial charge in [-0.1, -0.05) is 6.07 Å². The van der Waals surface area contributed by atoms with Gasteiger partial charge < -0.3 is 14.7 Å². The lowest BCUT2D eigenvalue weighted by molar-refractivity contribution is 0.0987. The number of amides is 1. The van der Waals surface area contributed by atoms with Crippen LogP contribution in [-0.4, -0.2) is 24.7 Å². The molecule has 0 saturated heterocycles. The molecule has 4 nitrogen and oxygen atoms in total. The van der Waals surface area contributed by atoms with Gasteiger partial charge in [-0.05, 0) is 53.2 Å². The molecule has 2 rings (SSSR count). The van der Waals surface area contributed by atoms with Crippen LogP contribution in [0.5, 0.6) is 11.5 Å². The summed E-state index contributed by atoms with van der Waals surface area (Å²) in [5, 5.41) is 9.58. The van der Waals surface area contributed by atoms with Crippen LogP contribution >= 0.6 is 15.9 Å². The zero-order valence-electron chi connectivity index (χ0n) is 11.8. The summed E-state index contributed by atoms with van der Waals surface area (Å²) >= 11 is 3.39. The molecule has 5 heteroatoms. The number of hydrogen-bond donors (Lipinski definition) is 1. The fraction of sp³-hybridized carbons (Fsp3) is 0.188. The summed E-state index contributed by atoms with van der Waals surface area (Å²) < 4.78 is 5.87. The van der Waals surface area contributed by atoms with E-state index in [1.165, 1.54) is 0 Å². The molecule has 0 heterocycles. The number of rotatable bonds is 4. The Morgan fingerprint density at radius 2 is 2.05 bits per heavy atom. The Hall–Kier alpha value is -2.01. The van der Waals surface area contributed by atoms with E-state index in [1.54, 1.807) is 54.5 Å². The summed E-state index contributed by atoms with van der Waals surface area (Å²) in [4.78, 5) is 14.3. The van der Waals surface area contributed by atoms with Gasteiger partial charge in [0.05, 0.1) is 12.7 Å². The number of phenols is 1. The van der Waals surface area contributed by atoms with Crippen molar-refractivity contribution in [3.8, 4) is 11.5 Å². The van der Waals surface area contributed by atoms with Crippen molar-refractivity contribution in [2.75, 3.05) is 18.6 Å². The first kappa shape index (κ1) is 15.4. The summed E-state index contributed by atoms with van der Waals surface area (Å²) in [6.45, 7) is 2.38. The zero-order valence-corrected chi connectivity index (χ0v) is 13.4. The molecule has 0 aliphatic heterocycles. The molecule has 1 N–H and O–H groups in total. The maximum absolute atomic E-state index is 12.7. The lowest BCUT2D eigenvalue weighted by atomic mass is 10.1. The van der Waals surface area contributed by atoms with Gasteiger partial charge in [0.15, 0.2) is 0 Å². The van der Waals surface area contributed by atoms with Crippen LogP contribution in [0, 0.1) is 0 Å². The minimum absolute atomic E-state index is 0.128. The summed E-state index contributed by atoms with van der Waals surface area (Å²) in [7, 11) is 1.56. The predicted octanol–water partition coefficient (Wildman–Crippen LogP) is 3.83. The monoisotopic (exact) mass is 349 g/mol. The molecule has 2 aromatic carbocycles. The van der Waals surface area contributed by atoms with E-state index in [0.29, 0.717) is 28.0 Å². The van der Waals surface area contributed by atoms with Crippen molar-refractivity contribution in [1.82, 2.24) is 0 Å². The molecule has 0 aromatic heterocycles. The topological polar surface area (TPSA) is 49.8 Å². The number of halogens is 1. The number of carbonyl (C=O) groups excluding carboxylic acids is 1. The number of methoxy groups -OCH3 is 1. The fourth-order valence-corrected chi connectivity index (χ4v) is 2.46. The Kier molecular flexibility index (Phi) is 4.85. The molecule has 21 heavy (non-hydrogen) atoms. The van der Waals surface area contributed by atoms with Crippen molar-refractivity contribution in [2.24, 2.45) is 0 Å². The highest BCUT2D eigenvalue weighted by Crippen LogP contribution is 2.27. The van der Waals surface area contributed by atoms with Crippen LogP contribution in [0.1, 0.15) is 17.3 Å². The van der Waals surface area contributed by atoms with Gasteiger partial charge in [0.25, 0.3) is 5.91 Å². The van der Waals surface area contributed by atoms with Crippen molar-refractivity contribution < 1.29 is 14.6 Å². The van der Waals surface area contributed by atoms with Crippen LogP contribution in [0.4, 0.5) is 5.69 Å². The van der Waals surface area contributed by atoms with E-state index in [4.69, 9.17) is 4.74 Å². The van der Waals surface area contributed by atoms with Crippen LogP contribution in [-0.2, 0) is 0 Å². The third kappa shape index (κ3) is 3.36. The molecular formula is C16H16BrNO3. The summed E-state index contributed by atoms with van der Waals surface area (Å²) in [5.74, 6) is 0.589. The number of phenolic OH excluding ortho intramolecular Hbond substituents is 1. The van der Waals surface area contributed by atoms with E-state index in [1.807, 2.05) is 6.92 Å².